The molecule has 0 fully saturated rings. The molecule has 0 bridgehead atoms. The maximum atomic E-state index is 13.0. The van der Waals surface area contributed by atoms with Crippen molar-refractivity contribution in [3.8, 4) is 17.2 Å². The van der Waals surface area contributed by atoms with Crippen LogP contribution in [0.15, 0.2) is 138 Å². The van der Waals surface area contributed by atoms with E-state index in [1.807, 2.05) is 0 Å². The summed E-state index contributed by atoms with van der Waals surface area (Å²) < 4.78 is 68.3. The number of benzene rings is 6. The van der Waals surface area contributed by atoms with Gasteiger partial charge in [0.25, 0.3) is 20.2 Å². The van der Waals surface area contributed by atoms with Crippen molar-refractivity contribution >= 4 is 81.6 Å². The molecule has 16 nitrogen and oxygen atoms in total. The largest absolute Gasteiger partial charge is 1.00 e. The Morgan fingerprint density at radius 2 is 0.942 bits per heavy atom. The minimum Gasteiger partial charge on any atom is -0.872 e. The van der Waals surface area contributed by atoms with E-state index in [4.69, 9.17) is 5.73 Å². The summed E-state index contributed by atoms with van der Waals surface area (Å²) in [6.07, 6.45) is 0. The number of nitrogens with two attached hydrogens (primary N) is 1. The van der Waals surface area contributed by atoms with Crippen LogP contribution >= 0.6 is 0 Å². The van der Waals surface area contributed by atoms with Crippen molar-refractivity contribution in [1.82, 2.24) is 0 Å². The molecule has 6 aromatic rings. The number of hydrogen-bond acceptors (Lipinski definition) is 14. The Balaban J connectivity index is 0.00000302. The molecule has 0 heterocycles. The van der Waals surface area contributed by atoms with Gasteiger partial charge in [0, 0.05) is 11.1 Å². The van der Waals surface area contributed by atoms with Gasteiger partial charge >= 0.3 is 59.1 Å². The van der Waals surface area contributed by atoms with Crippen molar-refractivity contribution in [2.45, 2.75) is 9.79 Å². The second-order valence-corrected chi connectivity index (χ2v) is 13.4. The molecule has 20 heteroatoms. The summed E-state index contributed by atoms with van der Waals surface area (Å²) in [5, 5.41) is 59.5. The number of fused-ring (bicyclic) bond motifs is 2. The van der Waals surface area contributed by atoms with Crippen LogP contribution < -0.4 is 75.1 Å². The Morgan fingerprint density at radius 1 is 0.519 bits per heavy atom. The van der Waals surface area contributed by atoms with Gasteiger partial charge in [-0.1, -0.05) is 23.9 Å². The number of hydrogen-bond donors (Lipinski definition) is 4. The van der Waals surface area contributed by atoms with E-state index < -0.39 is 52.9 Å². The number of anilines is 1. The van der Waals surface area contributed by atoms with Crippen molar-refractivity contribution in [3.63, 3.8) is 0 Å². The van der Waals surface area contributed by atoms with Gasteiger partial charge in [0.15, 0.2) is 5.75 Å². The maximum Gasteiger partial charge on any atom is 1.00 e. The Labute approximate surface area is 339 Å². The van der Waals surface area contributed by atoms with Gasteiger partial charge in [-0.05, 0) is 95.0 Å². The fourth-order valence-electron chi connectivity index (χ4n) is 4.77. The second-order valence-electron chi connectivity index (χ2n) is 10.6. The van der Waals surface area contributed by atoms with Crippen LogP contribution in [0.25, 0.3) is 21.5 Å². The third-order valence-electron chi connectivity index (χ3n) is 7.14. The van der Waals surface area contributed by atoms with E-state index in [1.165, 1.54) is 84.9 Å². The number of aromatic hydroxyl groups is 1. The first-order chi connectivity index (χ1) is 23.7. The Hall–Kier alpha value is -4.34. The molecule has 0 aliphatic rings. The van der Waals surface area contributed by atoms with Crippen LogP contribution in [0.3, 0.4) is 0 Å². The number of nitrogens with zero attached hydrogens (tertiary/aromatic N) is 6. The molecule has 0 aliphatic heterocycles. The average Bonchev–Trinajstić information content (AvgIpc) is 3.06. The molecule has 5 N–H and O–H groups in total. The number of phenolic OH excluding ortho intramolecular Hbond substituents is 1. The fourth-order valence-corrected chi connectivity index (χ4v) is 6.08. The van der Waals surface area contributed by atoms with Crippen molar-refractivity contribution in [2.75, 3.05) is 5.73 Å². The molecular formula is C32H21N7Na2O9S2. The first-order valence-corrected chi connectivity index (χ1v) is 17.0. The molecule has 0 amide bonds. The van der Waals surface area contributed by atoms with E-state index >= 15 is 0 Å². The SMILES string of the molecule is Nc1ccc2c([O-])c(N=Nc3ccc(N=Nc4c(S(=O)(=O)O)cc5cc(N=Nc6ccc([O-])cc6)ccc5c4O)cc3)c(S(=O)(=O)O)cc2c1.[Na+].[Na+]. The molecule has 0 atom stereocenters. The van der Waals surface area contributed by atoms with Gasteiger partial charge < -0.3 is 21.1 Å². The second kappa shape index (κ2) is 16.1. The zero-order valence-electron chi connectivity index (χ0n) is 27.1. The van der Waals surface area contributed by atoms with Gasteiger partial charge in [0.2, 0.25) is 0 Å². The molecule has 0 saturated carbocycles. The van der Waals surface area contributed by atoms with Crippen molar-refractivity contribution in [2.24, 2.45) is 30.7 Å². The van der Waals surface area contributed by atoms with E-state index in [-0.39, 0.29) is 109 Å². The van der Waals surface area contributed by atoms with Crippen LogP contribution in [0, 0.1) is 0 Å². The monoisotopic (exact) mass is 757 g/mol. The predicted molar refractivity (Wildman–Crippen MR) is 178 cm³/mol. The first-order valence-electron chi connectivity index (χ1n) is 14.1. The zero-order valence-corrected chi connectivity index (χ0v) is 32.7. The van der Waals surface area contributed by atoms with Crippen LogP contribution in [0.1, 0.15) is 0 Å². The van der Waals surface area contributed by atoms with Gasteiger partial charge in [-0.25, -0.2) is 0 Å². The van der Waals surface area contributed by atoms with Crippen LogP contribution in [0.5, 0.6) is 17.2 Å². The average molecular weight is 758 g/mol. The van der Waals surface area contributed by atoms with Crippen molar-refractivity contribution in [3.05, 3.63) is 97.1 Å². The molecule has 252 valence electrons. The number of nitrogen functional groups attached to an aromatic ring is 1. The predicted octanol–water partition coefficient (Wildman–Crippen LogP) is 1.18. The fraction of sp³-hybridized carbons (Fsp3) is 0. The molecule has 52 heavy (non-hydrogen) atoms. The summed E-state index contributed by atoms with van der Waals surface area (Å²) >= 11 is 0. The Morgan fingerprint density at radius 3 is 1.50 bits per heavy atom. The quantitative estimate of drug-likeness (QED) is 0.0745. The Bertz CT molecular complexity index is 2640. The summed E-state index contributed by atoms with van der Waals surface area (Å²) in [5.41, 5.74) is 5.78. The third kappa shape index (κ3) is 8.99. The number of phenols is 1. The number of azo groups is 3. The molecule has 0 aliphatic carbocycles. The zero-order chi connectivity index (χ0) is 35.8. The molecule has 0 radical (unpaired) electrons. The van der Waals surface area contributed by atoms with Crippen LogP contribution in [0.4, 0.5) is 39.8 Å². The van der Waals surface area contributed by atoms with E-state index in [0.29, 0.717) is 5.69 Å². The van der Waals surface area contributed by atoms with E-state index in [2.05, 4.69) is 30.7 Å². The van der Waals surface area contributed by atoms with Gasteiger partial charge in [0.1, 0.15) is 15.5 Å². The minimum atomic E-state index is -4.92. The van der Waals surface area contributed by atoms with Gasteiger partial charge in [-0.15, -0.1) is 16.0 Å². The molecule has 6 aromatic carbocycles. The normalized spacial score (nSPS) is 12.1. The first kappa shape index (κ1) is 40.4. The molecule has 0 unspecified atom stereocenters. The van der Waals surface area contributed by atoms with E-state index in [9.17, 15) is 41.3 Å². The van der Waals surface area contributed by atoms with Crippen molar-refractivity contribution in [1.29, 1.82) is 0 Å². The van der Waals surface area contributed by atoms with Crippen LogP contribution in [0.2, 0.25) is 0 Å². The summed E-state index contributed by atoms with van der Waals surface area (Å²) in [7, 11) is -9.79. The standard InChI is InChI=1S/C32H23N7O9S2.2Na/c33-19-1-11-25-17(13-19)15-27(49(43,44)45)29(31(25)41)38-35-20-2-4-21(5-3-20)36-39-30-28(50(46,47)48)16-18-14-23(8-12-26(18)32(30)42)37-34-22-6-9-24(40)10-7-22;;/h1-16,40-42H,33H2,(H,43,44,45)(H,46,47,48);;/q;2*+1/p-2. The van der Waals surface area contributed by atoms with E-state index in [0.717, 1.165) is 12.1 Å². The summed E-state index contributed by atoms with van der Waals surface area (Å²) in [5.74, 6) is -1.60. The van der Waals surface area contributed by atoms with Gasteiger partial charge in [0.05, 0.1) is 28.4 Å². The molecule has 6 rings (SSSR count). The Kier molecular flexibility index (Phi) is 12.5. The summed E-state index contributed by atoms with van der Waals surface area (Å²) in [6.45, 7) is 0. The molecular weight excluding hydrogens is 737 g/mol. The van der Waals surface area contributed by atoms with Gasteiger partial charge in [-0.2, -0.15) is 37.3 Å². The molecule has 0 aromatic heterocycles. The maximum absolute atomic E-state index is 13.0. The summed E-state index contributed by atoms with van der Waals surface area (Å²) in [6, 6.07) is 21.8. The topological polar surface area (TPSA) is 275 Å². The van der Waals surface area contributed by atoms with Crippen molar-refractivity contribution < 1.29 is 100 Å². The molecule has 0 spiro atoms. The molecule has 0 saturated heterocycles. The minimum absolute atomic E-state index is 0. The third-order valence-corrected chi connectivity index (χ3v) is 8.88. The number of rotatable bonds is 8. The van der Waals surface area contributed by atoms with Crippen LogP contribution in [-0.2, 0) is 20.2 Å². The smallest absolute Gasteiger partial charge is 0.872 e. The van der Waals surface area contributed by atoms with Crippen LogP contribution in [-0.4, -0.2) is 31.0 Å². The van der Waals surface area contributed by atoms with Gasteiger partial charge in [-0.3, -0.25) is 9.11 Å². The summed E-state index contributed by atoms with van der Waals surface area (Å²) in [4.78, 5) is -1.50. The van der Waals surface area contributed by atoms with E-state index in [1.54, 1.807) is 0 Å².